The fourth-order valence-corrected chi connectivity index (χ4v) is 2.35. The highest BCUT2D eigenvalue weighted by molar-refractivity contribution is 5.71. The van der Waals surface area contributed by atoms with Crippen molar-refractivity contribution >= 4 is 0 Å². The van der Waals surface area contributed by atoms with E-state index in [0.717, 1.165) is 6.42 Å². The van der Waals surface area contributed by atoms with E-state index in [1.165, 1.54) is 22.3 Å². The zero-order valence-corrected chi connectivity index (χ0v) is 10.9. The second-order valence-corrected chi connectivity index (χ2v) is 4.76. The molecule has 0 aliphatic carbocycles. The standard InChI is InChI=1S/C17H20/c1-4-14-11-8-12-16(13(2)3)17(14)15-9-6-5-7-10-15/h5-13H,4H2,1-3H3. The van der Waals surface area contributed by atoms with Gasteiger partial charge in [-0.15, -0.1) is 0 Å². The average molecular weight is 224 g/mol. The number of benzene rings is 2. The minimum absolute atomic E-state index is 0.566. The molecule has 0 atom stereocenters. The van der Waals surface area contributed by atoms with Crippen molar-refractivity contribution in [3.8, 4) is 11.1 Å². The van der Waals surface area contributed by atoms with Crippen molar-refractivity contribution in [3.63, 3.8) is 0 Å². The molecule has 0 heterocycles. The summed E-state index contributed by atoms with van der Waals surface area (Å²) in [6.07, 6.45) is 1.09. The van der Waals surface area contributed by atoms with Gasteiger partial charge in [0.2, 0.25) is 0 Å². The predicted molar refractivity (Wildman–Crippen MR) is 75.3 cm³/mol. The smallest absolute Gasteiger partial charge is 0.0117 e. The van der Waals surface area contributed by atoms with E-state index in [0.29, 0.717) is 5.92 Å². The van der Waals surface area contributed by atoms with Crippen LogP contribution in [0.5, 0.6) is 0 Å². The van der Waals surface area contributed by atoms with Crippen molar-refractivity contribution in [2.24, 2.45) is 0 Å². The van der Waals surface area contributed by atoms with Gasteiger partial charge in [-0.3, -0.25) is 0 Å². The molecule has 0 aromatic heterocycles. The first kappa shape index (κ1) is 11.9. The number of aryl methyl sites for hydroxylation is 1. The normalized spacial score (nSPS) is 10.8. The van der Waals surface area contributed by atoms with Gasteiger partial charge in [0.15, 0.2) is 0 Å². The highest BCUT2D eigenvalue weighted by Crippen LogP contribution is 2.32. The molecule has 0 nitrogen and oxygen atoms in total. The fourth-order valence-electron chi connectivity index (χ4n) is 2.35. The molecule has 0 radical (unpaired) electrons. The molecule has 0 bridgehead atoms. The zero-order valence-electron chi connectivity index (χ0n) is 10.9. The summed E-state index contributed by atoms with van der Waals surface area (Å²) in [6, 6.07) is 17.4. The van der Waals surface area contributed by atoms with Gasteiger partial charge >= 0.3 is 0 Å². The van der Waals surface area contributed by atoms with Crippen LogP contribution >= 0.6 is 0 Å². The molecule has 0 aliphatic rings. The monoisotopic (exact) mass is 224 g/mol. The quantitative estimate of drug-likeness (QED) is 0.685. The van der Waals surface area contributed by atoms with Crippen LogP contribution in [0.2, 0.25) is 0 Å². The lowest BCUT2D eigenvalue weighted by Gasteiger charge is -2.17. The third-order valence-electron chi connectivity index (χ3n) is 3.25. The molecule has 0 aliphatic heterocycles. The van der Waals surface area contributed by atoms with Crippen LogP contribution in [0.1, 0.15) is 37.8 Å². The largest absolute Gasteiger partial charge is 0.0622 e. The van der Waals surface area contributed by atoms with Gasteiger partial charge < -0.3 is 0 Å². The first-order valence-corrected chi connectivity index (χ1v) is 6.41. The first-order valence-electron chi connectivity index (χ1n) is 6.41. The maximum Gasteiger partial charge on any atom is -0.0117 e. The van der Waals surface area contributed by atoms with Crippen molar-refractivity contribution in [2.45, 2.75) is 33.1 Å². The van der Waals surface area contributed by atoms with E-state index in [4.69, 9.17) is 0 Å². The molecular formula is C17H20. The molecule has 0 unspecified atom stereocenters. The van der Waals surface area contributed by atoms with Gasteiger partial charge in [-0.25, -0.2) is 0 Å². The van der Waals surface area contributed by atoms with E-state index in [9.17, 15) is 0 Å². The lowest BCUT2D eigenvalue weighted by atomic mass is 9.88. The van der Waals surface area contributed by atoms with Crippen LogP contribution in [0.15, 0.2) is 48.5 Å². The third kappa shape index (κ3) is 2.41. The van der Waals surface area contributed by atoms with Gasteiger partial charge in [0.05, 0.1) is 0 Å². The Bertz CT molecular complexity index is 481. The van der Waals surface area contributed by atoms with Gasteiger partial charge in [-0.05, 0) is 34.6 Å². The Morgan fingerprint density at radius 1 is 0.882 bits per heavy atom. The minimum Gasteiger partial charge on any atom is -0.0622 e. The Morgan fingerprint density at radius 2 is 1.59 bits per heavy atom. The molecule has 17 heavy (non-hydrogen) atoms. The van der Waals surface area contributed by atoms with E-state index in [2.05, 4.69) is 69.3 Å². The van der Waals surface area contributed by atoms with E-state index < -0.39 is 0 Å². The summed E-state index contributed by atoms with van der Waals surface area (Å²) >= 11 is 0. The van der Waals surface area contributed by atoms with Crippen LogP contribution in [0.25, 0.3) is 11.1 Å². The molecule has 88 valence electrons. The maximum absolute atomic E-state index is 2.27. The fraction of sp³-hybridized carbons (Fsp3) is 0.294. The van der Waals surface area contributed by atoms with Crippen LogP contribution in [-0.4, -0.2) is 0 Å². The zero-order chi connectivity index (χ0) is 12.3. The van der Waals surface area contributed by atoms with Crippen molar-refractivity contribution in [3.05, 3.63) is 59.7 Å². The van der Waals surface area contributed by atoms with Crippen LogP contribution in [0.4, 0.5) is 0 Å². The Kier molecular flexibility index (Phi) is 3.63. The van der Waals surface area contributed by atoms with Gasteiger partial charge in [-0.1, -0.05) is 69.3 Å². The Balaban J connectivity index is 2.65. The summed E-state index contributed by atoms with van der Waals surface area (Å²) in [4.78, 5) is 0. The van der Waals surface area contributed by atoms with Crippen LogP contribution in [0.3, 0.4) is 0 Å². The molecule has 0 saturated heterocycles. The minimum atomic E-state index is 0.566. The van der Waals surface area contributed by atoms with Crippen LogP contribution < -0.4 is 0 Å². The Hall–Kier alpha value is -1.56. The molecule has 0 fully saturated rings. The molecule has 0 spiro atoms. The van der Waals surface area contributed by atoms with Gasteiger partial charge in [0.25, 0.3) is 0 Å². The summed E-state index contributed by atoms with van der Waals surface area (Å²) < 4.78 is 0. The lowest BCUT2D eigenvalue weighted by molar-refractivity contribution is 0.865. The van der Waals surface area contributed by atoms with Crippen molar-refractivity contribution in [2.75, 3.05) is 0 Å². The highest BCUT2D eigenvalue weighted by atomic mass is 14.2. The third-order valence-corrected chi connectivity index (χ3v) is 3.25. The van der Waals surface area contributed by atoms with E-state index >= 15 is 0 Å². The number of rotatable bonds is 3. The second-order valence-electron chi connectivity index (χ2n) is 4.76. The van der Waals surface area contributed by atoms with Crippen molar-refractivity contribution in [1.29, 1.82) is 0 Å². The van der Waals surface area contributed by atoms with Crippen molar-refractivity contribution < 1.29 is 0 Å². The van der Waals surface area contributed by atoms with Gasteiger partial charge in [0, 0.05) is 0 Å². The van der Waals surface area contributed by atoms with Gasteiger partial charge in [0.1, 0.15) is 0 Å². The van der Waals surface area contributed by atoms with Crippen LogP contribution in [-0.2, 0) is 6.42 Å². The van der Waals surface area contributed by atoms with Crippen LogP contribution in [0, 0.1) is 0 Å². The molecule has 0 amide bonds. The topological polar surface area (TPSA) is 0 Å². The Morgan fingerprint density at radius 3 is 2.18 bits per heavy atom. The molecular weight excluding hydrogens is 204 g/mol. The molecule has 2 rings (SSSR count). The van der Waals surface area contributed by atoms with E-state index in [1.807, 2.05) is 0 Å². The van der Waals surface area contributed by atoms with Gasteiger partial charge in [-0.2, -0.15) is 0 Å². The predicted octanol–water partition coefficient (Wildman–Crippen LogP) is 5.04. The lowest BCUT2D eigenvalue weighted by Crippen LogP contribution is -1.97. The SMILES string of the molecule is CCc1cccc(C(C)C)c1-c1ccccc1. The highest BCUT2D eigenvalue weighted by Gasteiger charge is 2.11. The Labute approximate surface area is 104 Å². The average Bonchev–Trinajstić information content (AvgIpc) is 2.38. The van der Waals surface area contributed by atoms with E-state index in [-0.39, 0.29) is 0 Å². The summed E-state index contributed by atoms with van der Waals surface area (Å²) in [7, 11) is 0. The number of hydrogen-bond acceptors (Lipinski definition) is 0. The van der Waals surface area contributed by atoms with E-state index in [1.54, 1.807) is 0 Å². The van der Waals surface area contributed by atoms with Crippen molar-refractivity contribution in [1.82, 2.24) is 0 Å². The summed E-state index contributed by atoms with van der Waals surface area (Å²) in [5.41, 5.74) is 5.68. The molecule has 2 aromatic rings. The summed E-state index contributed by atoms with van der Waals surface area (Å²) in [5.74, 6) is 0.566. The summed E-state index contributed by atoms with van der Waals surface area (Å²) in [5, 5.41) is 0. The molecule has 2 aromatic carbocycles. The molecule has 0 N–H and O–H groups in total. The maximum atomic E-state index is 2.27. The molecule has 0 heteroatoms. The second kappa shape index (κ2) is 5.18. The summed E-state index contributed by atoms with van der Waals surface area (Å²) in [6.45, 7) is 6.76. The molecule has 0 saturated carbocycles. The first-order chi connectivity index (χ1) is 8.24. The number of hydrogen-bond donors (Lipinski definition) is 0.